The standard InChI is InChI=1S/C18H21ClN4O2/c1-25-16-10-13(19)4-5-15(16)18(24)22-8-6-14(7-9-22)23-11-20-21-17(23)12-2-3-12/h4-5,10-12,14H,2-3,6-9H2,1H3. The van der Waals surface area contributed by atoms with E-state index in [1.54, 1.807) is 25.3 Å². The van der Waals surface area contributed by atoms with Crippen LogP contribution >= 0.6 is 11.6 Å². The first kappa shape index (κ1) is 16.4. The molecule has 0 radical (unpaired) electrons. The Bertz CT molecular complexity index is 779. The molecule has 1 aliphatic heterocycles. The zero-order valence-electron chi connectivity index (χ0n) is 14.2. The normalized spacial score (nSPS) is 18.4. The van der Waals surface area contributed by atoms with E-state index in [1.807, 2.05) is 11.2 Å². The maximum Gasteiger partial charge on any atom is 0.257 e. The molecule has 2 aliphatic rings. The van der Waals surface area contributed by atoms with Gasteiger partial charge in [0.05, 0.1) is 12.7 Å². The van der Waals surface area contributed by atoms with Crippen molar-refractivity contribution in [2.45, 2.75) is 37.6 Å². The third-order valence-electron chi connectivity index (χ3n) is 5.08. The Balaban J connectivity index is 1.45. The van der Waals surface area contributed by atoms with Crippen LogP contribution in [0.25, 0.3) is 0 Å². The van der Waals surface area contributed by atoms with Crippen molar-refractivity contribution in [2.24, 2.45) is 0 Å². The lowest BCUT2D eigenvalue weighted by molar-refractivity contribution is 0.0690. The molecular weight excluding hydrogens is 340 g/mol. The van der Waals surface area contributed by atoms with Gasteiger partial charge in [0, 0.05) is 30.1 Å². The third-order valence-corrected chi connectivity index (χ3v) is 5.32. The molecule has 25 heavy (non-hydrogen) atoms. The predicted octanol–water partition coefficient (Wildman–Crippen LogP) is 3.29. The number of benzene rings is 1. The van der Waals surface area contributed by atoms with Gasteiger partial charge in [0.25, 0.3) is 5.91 Å². The molecule has 6 nitrogen and oxygen atoms in total. The molecular formula is C18H21ClN4O2. The van der Waals surface area contributed by atoms with Crippen molar-refractivity contribution in [2.75, 3.05) is 20.2 Å². The lowest BCUT2D eigenvalue weighted by Crippen LogP contribution is -2.39. The van der Waals surface area contributed by atoms with Crippen LogP contribution in [0.1, 0.15) is 53.8 Å². The summed E-state index contributed by atoms with van der Waals surface area (Å²) in [6.07, 6.45) is 6.11. The summed E-state index contributed by atoms with van der Waals surface area (Å²) in [5.74, 6) is 2.22. The van der Waals surface area contributed by atoms with Gasteiger partial charge in [-0.15, -0.1) is 10.2 Å². The Labute approximate surface area is 151 Å². The molecule has 1 saturated carbocycles. The van der Waals surface area contributed by atoms with Crippen LogP contribution in [0.5, 0.6) is 5.75 Å². The number of carbonyl (C=O) groups excluding carboxylic acids is 1. The Morgan fingerprint density at radius 1 is 1.24 bits per heavy atom. The Hall–Kier alpha value is -2.08. The number of halogens is 1. The number of hydrogen-bond donors (Lipinski definition) is 0. The van der Waals surface area contributed by atoms with Crippen LogP contribution in [0.2, 0.25) is 5.02 Å². The van der Waals surface area contributed by atoms with Gasteiger partial charge < -0.3 is 14.2 Å². The molecule has 7 heteroatoms. The van der Waals surface area contributed by atoms with E-state index in [9.17, 15) is 4.79 Å². The first-order chi connectivity index (χ1) is 12.2. The highest BCUT2D eigenvalue weighted by Crippen LogP contribution is 2.40. The highest BCUT2D eigenvalue weighted by atomic mass is 35.5. The lowest BCUT2D eigenvalue weighted by atomic mass is 10.0. The molecule has 4 rings (SSSR count). The quantitative estimate of drug-likeness (QED) is 0.839. The maximum atomic E-state index is 12.8. The van der Waals surface area contributed by atoms with Crippen LogP contribution in [0.3, 0.4) is 0 Å². The SMILES string of the molecule is COc1cc(Cl)ccc1C(=O)N1CCC(n2cnnc2C2CC2)CC1. The molecule has 0 N–H and O–H groups in total. The summed E-state index contributed by atoms with van der Waals surface area (Å²) in [4.78, 5) is 14.7. The first-order valence-electron chi connectivity index (χ1n) is 8.69. The molecule has 2 heterocycles. The second-order valence-corrected chi connectivity index (χ2v) is 7.18. The van der Waals surface area contributed by atoms with Gasteiger partial charge in [-0.05, 0) is 43.9 Å². The number of hydrogen-bond acceptors (Lipinski definition) is 4. The van der Waals surface area contributed by atoms with Crippen molar-refractivity contribution in [3.8, 4) is 5.75 Å². The molecule has 1 aromatic heterocycles. The Morgan fingerprint density at radius 3 is 2.68 bits per heavy atom. The highest BCUT2D eigenvalue weighted by molar-refractivity contribution is 6.30. The van der Waals surface area contributed by atoms with E-state index < -0.39 is 0 Å². The van der Waals surface area contributed by atoms with E-state index in [-0.39, 0.29) is 5.91 Å². The largest absolute Gasteiger partial charge is 0.496 e. The van der Waals surface area contributed by atoms with Crippen molar-refractivity contribution >= 4 is 17.5 Å². The molecule has 132 valence electrons. The fourth-order valence-electron chi connectivity index (χ4n) is 3.53. The van der Waals surface area contributed by atoms with E-state index in [2.05, 4.69) is 14.8 Å². The van der Waals surface area contributed by atoms with E-state index in [4.69, 9.17) is 16.3 Å². The molecule has 0 spiro atoms. The zero-order valence-corrected chi connectivity index (χ0v) is 14.9. The Kier molecular flexibility index (Phi) is 4.37. The monoisotopic (exact) mass is 360 g/mol. The van der Waals surface area contributed by atoms with Gasteiger partial charge in [0.15, 0.2) is 0 Å². The first-order valence-corrected chi connectivity index (χ1v) is 9.07. The Morgan fingerprint density at radius 2 is 2.00 bits per heavy atom. The van der Waals surface area contributed by atoms with Crippen molar-refractivity contribution in [1.82, 2.24) is 19.7 Å². The summed E-state index contributed by atoms with van der Waals surface area (Å²) >= 11 is 5.99. The summed E-state index contributed by atoms with van der Waals surface area (Å²) in [5, 5.41) is 8.95. The zero-order chi connectivity index (χ0) is 17.4. The molecule has 2 fully saturated rings. The van der Waals surface area contributed by atoms with Crippen LogP contribution in [-0.2, 0) is 0 Å². The molecule has 1 amide bonds. The molecule has 1 aliphatic carbocycles. The minimum atomic E-state index is -0.00172. The average Bonchev–Trinajstić information content (AvgIpc) is 3.37. The number of likely N-dealkylation sites (tertiary alicyclic amines) is 1. The average molecular weight is 361 g/mol. The molecule has 0 unspecified atom stereocenters. The number of piperidine rings is 1. The van der Waals surface area contributed by atoms with Crippen LogP contribution in [-0.4, -0.2) is 45.8 Å². The van der Waals surface area contributed by atoms with Crippen LogP contribution in [0, 0.1) is 0 Å². The molecule has 0 bridgehead atoms. The fourth-order valence-corrected chi connectivity index (χ4v) is 3.69. The molecule has 2 aromatic rings. The minimum Gasteiger partial charge on any atom is -0.496 e. The van der Waals surface area contributed by atoms with Crippen LogP contribution in [0.15, 0.2) is 24.5 Å². The van der Waals surface area contributed by atoms with Gasteiger partial charge in [0.1, 0.15) is 17.9 Å². The summed E-state index contributed by atoms with van der Waals surface area (Å²) in [7, 11) is 1.56. The summed E-state index contributed by atoms with van der Waals surface area (Å²) in [6, 6.07) is 5.52. The van der Waals surface area contributed by atoms with Gasteiger partial charge in [-0.1, -0.05) is 11.6 Å². The van der Waals surface area contributed by atoms with Crippen molar-refractivity contribution in [1.29, 1.82) is 0 Å². The number of aromatic nitrogens is 3. The van der Waals surface area contributed by atoms with E-state index >= 15 is 0 Å². The highest BCUT2D eigenvalue weighted by Gasteiger charge is 2.32. The molecule has 1 saturated heterocycles. The van der Waals surface area contributed by atoms with Gasteiger partial charge >= 0.3 is 0 Å². The van der Waals surface area contributed by atoms with Gasteiger partial charge in [-0.2, -0.15) is 0 Å². The second-order valence-electron chi connectivity index (χ2n) is 6.74. The number of rotatable bonds is 4. The van der Waals surface area contributed by atoms with E-state index in [1.165, 1.54) is 12.8 Å². The number of nitrogens with zero attached hydrogens (tertiary/aromatic N) is 4. The van der Waals surface area contributed by atoms with Crippen LogP contribution in [0.4, 0.5) is 0 Å². The third kappa shape index (κ3) is 3.23. The van der Waals surface area contributed by atoms with Gasteiger partial charge in [-0.25, -0.2) is 0 Å². The fraction of sp³-hybridized carbons (Fsp3) is 0.500. The minimum absolute atomic E-state index is 0.00172. The van der Waals surface area contributed by atoms with Gasteiger partial charge in [0.2, 0.25) is 0 Å². The van der Waals surface area contributed by atoms with Crippen LogP contribution < -0.4 is 4.74 Å². The second kappa shape index (κ2) is 6.67. The van der Waals surface area contributed by atoms with E-state index in [0.717, 1.165) is 31.8 Å². The number of ether oxygens (including phenoxy) is 1. The lowest BCUT2D eigenvalue weighted by Gasteiger charge is -2.33. The summed E-state index contributed by atoms with van der Waals surface area (Å²) in [6.45, 7) is 1.44. The van der Waals surface area contributed by atoms with Crippen molar-refractivity contribution in [3.05, 3.63) is 40.9 Å². The van der Waals surface area contributed by atoms with Crippen molar-refractivity contribution < 1.29 is 9.53 Å². The smallest absolute Gasteiger partial charge is 0.257 e. The number of amides is 1. The maximum absolute atomic E-state index is 12.8. The molecule has 1 aromatic carbocycles. The topological polar surface area (TPSA) is 60.2 Å². The van der Waals surface area contributed by atoms with E-state index in [0.29, 0.717) is 28.3 Å². The summed E-state index contributed by atoms with van der Waals surface area (Å²) in [5.41, 5.74) is 0.563. The van der Waals surface area contributed by atoms with Crippen molar-refractivity contribution in [3.63, 3.8) is 0 Å². The summed E-state index contributed by atoms with van der Waals surface area (Å²) < 4.78 is 7.54. The predicted molar refractivity (Wildman–Crippen MR) is 94.2 cm³/mol. The molecule has 0 atom stereocenters. The van der Waals surface area contributed by atoms with Gasteiger partial charge in [-0.3, -0.25) is 4.79 Å². The number of carbonyl (C=O) groups is 1. The number of methoxy groups -OCH3 is 1.